The van der Waals surface area contributed by atoms with E-state index in [0.29, 0.717) is 16.8 Å². The second-order valence-corrected chi connectivity index (χ2v) is 9.19. The fraction of sp³-hybridized carbons (Fsp3) is 0.174. The van der Waals surface area contributed by atoms with E-state index in [2.05, 4.69) is 5.32 Å². The van der Waals surface area contributed by atoms with Crippen LogP contribution >= 0.6 is 0 Å². The maximum absolute atomic E-state index is 12.6. The Morgan fingerprint density at radius 1 is 1.09 bits per heavy atom. The minimum Gasteiger partial charge on any atom is -0.441 e. The van der Waals surface area contributed by atoms with Crippen molar-refractivity contribution < 1.29 is 26.9 Å². The highest BCUT2D eigenvalue weighted by Crippen LogP contribution is 2.23. The maximum Gasteiger partial charge on any atom is 0.414 e. The summed E-state index contributed by atoms with van der Waals surface area (Å²) in [5.74, 6) is -0.477. The molecule has 4 rings (SSSR count). The molecule has 33 heavy (non-hydrogen) atoms. The lowest BCUT2D eigenvalue weighted by Gasteiger charge is -2.14. The van der Waals surface area contributed by atoms with E-state index in [-0.39, 0.29) is 19.0 Å². The van der Waals surface area contributed by atoms with Crippen molar-refractivity contribution >= 4 is 44.4 Å². The zero-order valence-corrected chi connectivity index (χ0v) is 18.5. The summed E-state index contributed by atoms with van der Waals surface area (Å²) in [6.07, 6.45) is -0.412. The molecule has 1 atom stereocenters. The summed E-state index contributed by atoms with van der Waals surface area (Å²) in [6.45, 7) is -0.131. The molecule has 9 nitrogen and oxygen atoms in total. The van der Waals surface area contributed by atoms with E-state index in [4.69, 9.17) is 14.3 Å². The molecule has 10 heteroatoms. The number of nitrogens with zero attached hydrogens (tertiary/aromatic N) is 1. The number of carbonyl (C=O) groups excluding carboxylic acids is 2. The van der Waals surface area contributed by atoms with Crippen LogP contribution in [-0.2, 0) is 19.0 Å². The number of carbonyl (C=O) groups is 2. The minimum atomic E-state index is -3.64. The Hall–Kier alpha value is -3.76. The third-order valence-electron chi connectivity index (χ3n) is 5.06. The molecule has 2 N–H and O–H groups in total. The summed E-state index contributed by atoms with van der Waals surface area (Å²) in [5.41, 5.74) is 1.41. The van der Waals surface area contributed by atoms with Gasteiger partial charge in [0.15, 0.2) is 0 Å². The van der Waals surface area contributed by atoms with Crippen LogP contribution in [0.15, 0.2) is 66.7 Å². The first-order valence-corrected chi connectivity index (χ1v) is 11.8. The Morgan fingerprint density at radius 2 is 1.76 bits per heavy atom. The van der Waals surface area contributed by atoms with E-state index >= 15 is 0 Å². The lowest BCUT2D eigenvalue weighted by atomic mass is 10.1. The second-order valence-electron chi connectivity index (χ2n) is 7.54. The molecule has 3 aromatic rings. The van der Waals surface area contributed by atoms with Gasteiger partial charge in [0.05, 0.1) is 12.8 Å². The van der Waals surface area contributed by atoms with Crippen LogP contribution in [0.1, 0.15) is 15.9 Å². The van der Waals surface area contributed by atoms with Gasteiger partial charge in [0.2, 0.25) is 0 Å². The molecule has 1 saturated heterocycles. The summed E-state index contributed by atoms with van der Waals surface area (Å²) in [7, 11) is -3.64. The second kappa shape index (κ2) is 9.00. The average Bonchev–Trinajstić information content (AvgIpc) is 3.17. The maximum atomic E-state index is 12.6. The Balaban J connectivity index is 1.39. The topological polar surface area (TPSA) is 126 Å². The van der Waals surface area contributed by atoms with Crippen LogP contribution in [0.25, 0.3) is 10.8 Å². The lowest BCUT2D eigenvalue weighted by Crippen LogP contribution is -2.30. The summed E-state index contributed by atoms with van der Waals surface area (Å²) >= 11 is 0. The number of fused-ring (bicyclic) bond motifs is 1. The molecule has 2 amide bonds. The molecule has 1 aliphatic heterocycles. The molecule has 0 saturated carbocycles. The van der Waals surface area contributed by atoms with Gasteiger partial charge in [0, 0.05) is 16.8 Å². The van der Waals surface area contributed by atoms with Crippen molar-refractivity contribution in [2.75, 3.05) is 24.3 Å². The van der Waals surface area contributed by atoms with Crippen molar-refractivity contribution in [3.8, 4) is 0 Å². The normalized spacial score (nSPS) is 16.0. The van der Waals surface area contributed by atoms with Crippen molar-refractivity contribution in [2.45, 2.75) is 6.10 Å². The SMILES string of the molecule is CS(=O)(=O)OCC1CN(c2ccc(C(=N)NC(=O)c3ccc4ccccc4c3)cc2)C(=O)O1. The van der Waals surface area contributed by atoms with Gasteiger partial charge in [-0.1, -0.05) is 30.3 Å². The quantitative estimate of drug-likeness (QED) is 0.326. The van der Waals surface area contributed by atoms with E-state index in [0.717, 1.165) is 17.0 Å². The summed E-state index contributed by atoms with van der Waals surface area (Å²) in [5, 5.41) is 12.8. The van der Waals surface area contributed by atoms with Crippen LogP contribution in [0.3, 0.4) is 0 Å². The van der Waals surface area contributed by atoms with Crippen molar-refractivity contribution in [2.24, 2.45) is 0 Å². The van der Waals surface area contributed by atoms with Crippen molar-refractivity contribution in [3.63, 3.8) is 0 Å². The smallest absolute Gasteiger partial charge is 0.414 e. The largest absolute Gasteiger partial charge is 0.441 e. The van der Waals surface area contributed by atoms with Gasteiger partial charge in [-0.3, -0.25) is 19.3 Å². The number of cyclic esters (lactones) is 1. The number of benzene rings is 3. The number of rotatable bonds is 6. The molecule has 1 aliphatic rings. The first-order valence-electron chi connectivity index (χ1n) is 10.0. The fourth-order valence-corrected chi connectivity index (χ4v) is 3.81. The molecule has 0 spiro atoms. The van der Waals surface area contributed by atoms with Crippen molar-refractivity contribution in [3.05, 3.63) is 77.9 Å². The third-order valence-corrected chi connectivity index (χ3v) is 5.62. The van der Waals surface area contributed by atoms with Crippen molar-refractivity contribution in [1.29, 1.82) is 5.41 Å². The van der Waals surface area contributed by atoms with E-state index in [1.807, 2.05) is 30.3 Å². The predicted octanol–water partition coefficient (Wildman–Crippen LogP) is 2.90. The first-order chi connectivity index (χ1) is 15.7. The lowest BCUT2D eigenvalue weighted by molar-refractivity contribution is 0.0977. The predicted molar refractivity (Wildman–Crippen MR) is 123 cm³/mol. The van der Waals surface area contributed by atoms with Crippen LogP contribution in [0, 0.1) is 5.41 Å². The standard InChI is InChI=1S/C23H21N3O6S/c1-33(29,30)31-14-20-13-26(23(28)32-20)19-10-8-16(9-11-19)21(24)25-22(27)18-7-6-15-4-2-3-5-17(15)12-18/h2-12,20H,13-14H2,1H3,(H2,24,25,27). The number of ether oxygens (including phenoxy) is 1. The zero-order valence-electron chi connectivity index (χ0n) is 17.6. The van der Waals surface area contributed by atoms with Crippen LogP contribution in [0.5, 0.6) is 0 Å². The number of nitrogens with one attached hydrogen (secondary N) is 2. The van der Waals surface area contributed by atoms with Gasteiger partial charge in [0.25, 0.3) is 16.0 Å². The molecule has 170 valence electrons. The number of anilines is 1. The van der Waals surface area contributed by atoms with Crippen LogP contribution < -0.4 is 10.2 Å². The van der Waals surface area contributed by atoms with Gasteiger partial charge in [-0.05, 0) is 47.2 Å². The Labute approximate surface area is 190 Å². The van der Waals surface area contributed by atoms with Crippen LogP contribution in [0.2, 0.25) is 0 Å². The van der Waals surface area contributed by atoms with E-state index in [9.17, 15) is 18.0 Å². The summed E-state index contributed by atoms with van der Waals surface area (Å²) in [6, 6.07) is 19.5. The van der Waals surface area contributed by atoms with Gasteiger partial charge >= 0.3 is 6.09 Å². The van der Waals surface area contributed by atoms with Gasteiger partial charge in [-0.15, -0.1) is 0 Å². The zero-order chi connectivity index (χ0) is 23.6. The van der Waals surface area contributed by atoms with Crippen LogP contribution in [-0.4, -0.2) is 51.8 Å². The Bertz CT molecular complexity index is 1340. The molecule has 1 unspecified atom stereocenters. The average molecular weight is 468 g/mol. The number of amides is 2. The first kappa shape index (κ1) is 22.4. The fourth-order valence-electron chi connectivity index (χ4n) is 3.42. The highest BCUT2D eigenvalue weighted by atomic mass is 32.2. The third kappa shape index (κ3) is 5.36. The number of amidine groups is 1. The van der Waals surface area contributed by atoms with Crippen LogP contribution in [0.4, 0.5) is 10.5 Å². The molecule has 0 aliphatic carbocycles. The molecule has 1 fully saturated rings. The van der Waals surface area contributed by atoms with E-state index < -0.39 is 28.2 Å². The summed E-state index contributed by atoms with van der Waals surface area (Å²) < 4.78 is 32.1. The minimum absolute atomic E-state index is 0.0804. The molecule has 1 heterocycles. The van der Waals surface area contributed by atoms with E-state index in [1.54, 1.807) is 36.4 Å². The van der Waals surface area contributed by atoms with Gasteiger partial charge in [0.1, 0.15) is 18.5 Å². The van der Waals surface area contributed by atoms with Gasteiger partial charge in [-0.2, -0.15) is 8.42 Å². The van der Waals surface area contributed by atoms with Gasteiger partial charge in [-0.25, -0.2) is 4.79 Å². The number of hydrogen-bond acceptors (Lipinski definition) is 7. The molecule has 3 aromatic carbocycles. The molecular weight excluding hydrogens is 446 g/mol. The molecule has 0 bridgehead atoms. The molecular formula is C23H21N3O6S. The van der Waals surface area contributed by atoms with Gasteiger partial charge < -0.3 is 10.1 Å². The Kier molecular flexibility index (Phi) is 6.12. The Morgan fingerprint density at radius 3 is 2.45 bits per heavy atom. The highest BCUT2D eigenvalue weighted by molar-refractivity contribution is 7.85. The molecule has 0 radical (unpaired) electrons. The molecule has 0 aromatic heterocycles. The van der Waals surface area contributed by atoms with E-state index in [1.165, 1.54) is 4.90 Å². The monoisotopic (exact) mass is 467 g/mol. The number of hydrogen-bond donors (Lipinski definition) is 2. The highest BCUT2D eigenvalue weighted by Gasteiger charge is 2.33. The summed E-state index contributed by atoms with van der Waals surface area (Å²) in [4.78, 5) is 26.1. The van der Waals surface area contributed by atoms with Crippen molar-refractivity contribution in [1.82, 2.24) is 5.32 Å².